The number of nitrogens with one attached hydrogen (secondary N) is 4. The van der Waals surface area contributed by atoms with Crippen LogP contribution in [0, 0.1) is 5.92 Å². The highest BCUT2D eigenvalue weighted by Crippen LogP contribution is 2.11. The Morgan fingerprint density at radius 1 is 0.946 bits per heavy atom. The van der Waals surface area contributed by atoms with E-state index in [9.17, 15) is 33.9 Å². The van der Waals surface area contributed by atoms with Gasteiger partial charge in [0, 0.05) is 31.2 Å². The highest BCUT2D eigenvalue weighted by Gasteiger charge is 2.33. The molecule has 15 nitrogen and oxygen atoms in total. The fourth-order valence-electron chi connectivity index (χ4n) is 3.30. The summed E-state index contributed by atoms with van der Waals surface area (Å²) in [5, 5.41) is 16.9. The van der Waals surface area contributed by atoms with E-state index in [0.29, 0.717) is 12.1 Å². The van der Waals surface area contributed by atoms with Gasteiger partial charge in [-0.05, 0) is 18.8 Å². The molecule has 0 spiro atoms. The SMILES string of the molecule is CCC(C)C(NC(=O)C(CCC(N)=O)NC(=O)C(N)CCC(N)=O)C(=O)NC(Cc1cnc[nH]1)C(=O)O. The molecule has 1 heterocycles. The lowest BCUT2D eigenvalue weighted by Gasteiger charge is -2.28. The lowest BCUT2D eigenvalue weighted by atomic mass is 9.96. The summed E-state index contributed by atoms with van der Waals surface area (Å²) in [4.78, 5) is 79.2. The Morgan fingerprint density at radius 2 is 1.54 bits per heavy atom. The molecule has 1 aromatic heterocycles. The van der Waals surface area contributed by atoms with Crippen LogP contribution in [0.25, 0.3) is 0 Å². The molecule has 0 radical (unpaired) electrons. The molecule has 0 aliphatic heterocycles. The molecule has 0 fully saturated rings. The van der Waals surface area contributed by atoms with E-state index < -0.39 is 65.6 Å². The van der Waals surface area contributed by atoms with Gasteiger partial charge in [0.2, 0.25) is 29.5 Å². The molecule has 37 heavy (non-hydrogen) atoms. The van der Waals surface area contributed by atoms with Crippen LogP contribution in [0.1, 0.15) is 51.6 Å². The Kier molecular flexibility index (Phi) is 12.7. The van der Waals surface area contributed by atoms with Gasteiger partial charge < -0.3 is 43.2 Å². The third kappa shape index (κ3) is 11.1. The maximum atomic E-state index is 13.1. The van der Waals surface area contributed by atoms with Crippen LogP contribution < -0.4 is 33.2 Å². The lowest BCUT2D eigenvalue weighted by molar-refractivity contribution is -0.142. The van der Waals surface area contributed by atoms with Crippen molar-refractivity contribution in [2.45, 2.75) is 76.5 Å². The minimum atomic E-state index is -1.30. The average molecular weight is 525 g/mol. The van der Waals surface area contributed by atoms with Crippen LogP contribution >= 0.6 is 0 Å². The van der Waals surface area contributed by atoms with Gasteiger partial charge in [-0.15, -0.1) is 0 Å². The molecule has 0 bridgehead atoms. The van der Waals surface area contributed by atoms with Crippen LogP contribution in [0.2, 0.25) is 0 Å². The number of rotatable bonds is 17. The quantitative estimate of drug-likeness (QED) is 0.106. The topological polar surface area (TPSA) is 265 Å². The minimum Gasteiger partial charge on any atom is -0.480 e. The average Bonchev–Trinajstić information content (AvgIpc) is 3.35. The molecule has 1 aromatic rings. The first-order valence-corrected chi connectivity index (χ1v) is 11.8. The van der Waals surface area contributed by atoms with Crippen LogP contribution in [0.15, 0.2) is 12.5 Å². The predicted molar refractivity (Wildman–Crippen MR) is 130 cm³/mol. The second kappa shape index (κ2) is 15.2. The smallest absolute Gasteiger partial charge is 0.326 e. The van der Waals surface area contributed by atoms with E-state index in [4.69, 9.17) is 17.2 Å². The van der Waals surface area contributed by atoms with Gasteiger partial charge in [0.05, 0.1) is 12.4 Å². The first-order valence-electron chi connectivity index (χ1n) is 11.8. The van der Waals surface area contributed by atoms with Crippen LogP contribution in [0.5, 0.6) is 0 Å². The minimum absolute atomic E-state index is 0.0594. The Hall–Kier alpha value is -4.01. The Balaban J connectivity index is 3.01. The first kappa shape index (κ1) is 31.0. The van der Waals surface area contributed by atoms with Gasteiger partial charge in [-0.1, -0.05) is 20.3 Å². The molecule has 5 amide bonds. The Bertz CT molecular complexity index is 953. The van der Waals surface area contributed by atoms with Crippen LogP contribution in [0.4, 0.5) is 0 Å². The summed E-state index contributed by atoms with van der Waals surface area (Å²) in [7, 11) is 0. The van der Waals surface area contributed by atoms with Crippen LogP contribution in [-0.4, -0.2) is 74.7 Å². The number of carbonyl (C=O) groups excluding carboxylic acids is 5. The van der Waals surface area contributed by atoms with E-state index in [1.165, 1.54) is 12.5 Å². The first-order chi connectivity index (χ1) is 17.3. The summed E-state index contributed by atoms with van der Waals surface area (Å²) >= 11 is 0. The largest absolute Gasteiger partial charge is 0.480 e. The molecular weight excluding hydrogens is 488 g/mol. The summed E-state index contributed by atoms with van der Waals surface area (Å²) < 4.78 is 0. The van der Waals surface area contributed by atoms with Crippen molar-refractivity contribution in [2.24, 2.45) is 23.1 Å². The second-order valence-electron chi connectivity index (χ2n) is 8.73. The standard InChI is InChI=1S/C22H36N8O7/c1-3-11(2)18(21(35)29-15(22(36)37)8-12-9-26-10-27-12)30-20(34)14(5-7-17(25)32)28-19(33)13(23)4-6-16(24)31/h9-11,13-15,18H,3-8,23H2,1-2H3,(H2,24,31)(H2,25,32)(H,26,27)(H,28,33)(H,29,35)(H,30,34)(H,36,37). The number of nitrogens with zero attached hydrogens (tertiary/aromatic N) is 1. The zero-order valence-corrected chi connectivity index (χ0v) is 20.9. The summed E-state index contributed by atoms with van der Waals surface area (Å²) in [5.41, 5.74) is 16.5. The molecule has 5 atom stereocenters. The third-order valence-corrected chi connectivity index (χ3v) is 5.74. The number of primary amides is 2. The zero-order chi connectivity index (χ0) is 28.1. The van der Waals surface area contributed by atoms with Gasteiger partial charge >= 0.3 is 5.97 Å². The van der Waals surface area contributed by atoms with E-state index in [1.54, 1.807) is 13.8 Å². The van der Waals surface area contributed by atoms with Crippen molar-refractivity contribution >= 4 is 35.5 Å². The molecule has 0 aliphatic carbocycles. The number of H-pyrrole nitrogens is 1. The maximum absolute atomic E-state index is 13.1. The molecule has 206 valence electrons. The summed E-state index contributed by atoms with van der Waals surface area (Å²) in [5.74, 6) is -5.37. The number of aromatic nitrogens is 2. The number of carboxylic acids is 1. The van der Waals surface area contributed by atoms with Crippen LogP contribution in [0.3, 0.4) is 0 Å². The van der Waals surface area contributed by atoms with Gasteiger partial charge in [0.25, 0.3) is 0 Å². The van der Waals surface area contributed by atoms with Crippen molar-refractivity contribution in [2.75, 3.05) is 0 Å². The number of amides is 5. The highest BCUT2D eigenvalue weighted by atomic mass is 16.4. The van der Waals surface area contributed by atoms with Gasteiger partial charge in [0.15, 0.2) is 0 Å². The molecule has 0 aliphatic rings. The van der Waals surface area contributed by atoms with Crippen molar-refractivity contribution in [3.05, 3.63) is 18.2 Å². The molecule has 0 saturated heterocycles. The van der Waals surface area contributed by atoms with E-state index in [1.807, 2.05) is 0 Å². The fourth-order valence-corrected chi connectivity index (χ4v) is 3.30. The number of imidazole rings is 1. The number of aromatic amines is 1. The molecule has 15 heteroatoms. The summed E-state index contributed by atoms with van der Waals surface area (Å²) in [6.45, 7) is 3.46. The third-order valence-electron chi connectivity index (χ3n) is 5.74. The van der Waals surface area contributed by atoms with Crippen molar-refractivity contribution in [1.29, 1.82) is 0 Å². The van der Waals surface area contributed by atoms with Crippen molar-refractivity contribution in [3.63, 3.8) is 0 Å². The molecule has 11 N–H and O–H groups in total. The number of hydrogen-bond donors (Lipinski definition) is 8. The number of carboxylic acid groups (broad SMARTS) is 1. The molecular formula is C22H36N8O7. The molecule has 0 aromatic carbocycles. The van der Waals surface area contributed by atoms with Gasteiger partial charge in [-0.2, -0.15) is 0 Å². The summed E-state index contributed by atoms with van der Waals surface area (Å²) in [6, 6.07) is -4.88. The predicted octanol–water partition coefficient (Wildman–Crippen LogP) is -2.60. The summed E-state index contributed by atoms with van der Waals surface area (Å²) in [6.07, 6.45) is 2.55. The van der Waals surface area contributed by atoms with E-state index in [2.05, 4.69) is 25.9 Å². The van der Waals surface area contributed by atoms with Gasteiger partial charge in [0.1, 0.15) is 18.1 Å². The van der Waals surface area contributed by atoms with Crippen molar-refractivity contribution in [3.8, 4) is 0 Å². The van der Waals surface area contributed by atoms with Crippen LogP contribution in [-0.2, 0) is 35.2 Å². The number of carbonyl (C=O) groups is 6. The Labute approximate surface area is 213 Å². The molecule has 5 unspecified atom stereocenters. The number of nitrogens with two attached hydrogens (primary N) is 3. The van der Waals surface area contributed by atoms with Gasteiger partial charge in [-0.3, -0.25) is 24.0 Å². The molecule has 1 rings (SSSR count). The van der Waals surface area contributed by atoms with E-state index in [0.717, 1.165) is 0 Å². The van der Waals surface area contributed by atoms with E-state index in [-0.39, 0.29) is 32.1 Å². The lowest BCUT2D eigenvalue weighted by Crippen LogP contribution is -2.59. The Morgan fingerprint density at radius 3 is 2.05 bits per heavy atom. The maximum Gasteiger partial charge on any atom is 0.326 e. The van der Waals surface area contributed by atoms with Gasteiger partial charge in [-0.25, -0.2) is 9.78 Å². The normalized spacial score (nSPS) is 14.9. The van der Waals surface area contributed by atoms with E-state index >= 15 is 0 Å². The fraction of sp³-hybridized carbons (Fsp3) is 0.591. The number of hydrogen-bond acceptors (Lipinski definition) is 8. The monoisotopic (exact) mass is 524 g/mol. The second-order valence-corrected chi connectivity index (χ2v) is 8.73. The molecule has 0 saturated carbocycles. The van der Waals surface area contributed by atoms with Crippen molar-refractivity contribution in [1.82, 2.24) is 25.9 Å². The number of aliphatic carboxylic acids is 1. The van der Waals surface area contributed by atoms with Crippen molar-refractivity contribution < 1.29 is 33.9 Å². The highest BCUT2D eigenvalue weighted by molar-refractivity contribution is 5.94. The zero-order valence-electron chi connectivity index (χ0n) is 20.9.